The van der Waals surface area contributed by atoms with Gasteiger partial charge in [0.25, 0.3) is 5.69 Å². The van der Waals surface area contributed by atoms with Gasteiger partial charge < -0.3 is 14.2 Å². The van der Waals surface area contributed by atoms with E-state index in [0.29, 0.717) is 0 Å². The fourth-order valence-electron chi connectivity index (χ4n) is 1.14. The molecular formula is C10H12ClNO5. The Balaban J connectivity index is 2.93. The second-order valence-corrected chi connectivity index (χ2v) is 3.35. The molecule has 1 aromatic carbocycles. The molecule has 6 nitrogen and oxygen atoms in total. The predicted octanol–water partition coefficient (Wildman–Crippen LogP) is 2.16. The van der Waals surface area contributed by atoms with E-state index in [4.69, 9.17) is 25.8 Å². The van der Waals surface area contributed by atoms with Gasteiger partial charge in [-0.2, -0.15) is 0 Å². The van der Waals surface area contributed by atoms with Crippen molar-refractivity contribution in [3.8, 4) is 5.75 Å². The van der Waals surface area contributed by atoms with Gasteiger partial charge >= 0.3 is 5.97 Å². The summed E-state index contributed by atoms with van der Waals surface area (Å²) in [4.78, 5) is 10.1. The molecule has 17 heavy (non-hydrogen) atoms. The van der Waals surface area contributed by atoms with Gasteiger partial charge in [-0.15, -0.1) is 11.6 Å². The van der Waals surface area contributed by atoms with Crippen LogP contribution in [-0.2, 0) is 9.47 Å². The first-order valence-corrected chi connectivity index (χ1v) is 5.20. The van der Waals surface area contributed by atoms with Crippen molar-refractivity contribution < 1.29 is 19.1 Å². The minimum atomic E-state index is -1.45. The number of nitrogens with zero attached hydrogens (tertiary/aromatic N) is 1. The molecule has 0 amide bonds. The minimum absolute atomic E-state index is 0.0807. The zero-order chi connectivity index (χ0) is 12.9. The zero-order valence-electron chi connectivity index (χ0n) is 9.38. The van der Waals surface area contributed by atoms with Gasteiger partial charge in [-0.25, -0.2) is 0 Å². The molecule has 0 aliphatic rings. The maximum Gasteiger partial charge on any atom is 0.340 e. The van der Waals surface area contributed by atoms with Crippen LogP contribution in [0.4, 0.5) is 5.69 Å². The largest absolute Gasteiger partial charge is 0.438 e. The Morgan fingerprint density at radius 3 is 2.53 bits per heavy atom. The molecule has 0 saturated carbocycles. The second-order valence-electron chi connectivity index (χ2n) is 3.08. The summed E-state index contributed by atoms with van der Waals surface area (Å²) in [5.74, 6) is -1.29. The number of nitro benzene ring substituents is 1. The first-order chi connectivity index (χ1) is 8.06. The van der Waals surface area contributed by atoms with Gasteiger partial charge in [0.05, 0.1) is 11.0 Å². The van der Waals surface area contributed by atoms with Crippen LogP contribution < -0.4 is 4.74 Å². The average molecular weight is 262 g/mol. The SMILES string of the molecule is COC(CCl)(OC)Oc1cccc([N+](=O)[O-])c1. The summed E-state index contributed by atoms with van der Waals surface area (Å²) in [6, 6.07) is 5.66. The van der Waals surface area contributed by atoms with Crippen LogP contribution >= 0.6 is 11.6 Å². The highest BCUT2D eigenvalue weighted by atomic mass is 35.5. The lowest BCUT2D eigenvalue weighted by Crippen LogP contribution is -2.42. The molecule has 0 atom stereocenters. The number of hydrogen-bond acceptors (Lipinski definition) is 5. The van der Waals surface area contributed by atoms with Crippen molar-refractivity contribution in [3.63, 3.8) is 0 Å². The first kappa shape index (κ1) is 13.7. The van der Waals surface area contributed by atoms with E-state index in [1.54, 1.807) is 6.07 Å². The van der Waals surface area contributed by atoms with Crippen molar-refractivity contribution in [3.05, 3.63) is 34.4 Å². The molecule has 0 N–H and O–H groups in total. The van der Waals surface area contributed by atoms with E-state index >= 15 is 0 Å². The summed E-state index contributed by atoms with van der Waals surface area (Å²) in [5.41, 5.74) is -0.0850. The Hall–Kier alpha value is -1.37. The maximum atomic E-state index is 10.6. The van der Waals surface area contributed by atoms with E-state index < -0.39 is 10.9 Å². The summed E-state index contributed by atoms with van der Waals surface area (Å²) < 4.78 is 15.3. The van der Waals surface area contributed by atoms with Crippen LogP contribution in [0.15, 0.2) is 24.3 Å². The molecule has 0 aliphatic heterocycles. The highest BCUT2D eigenvalue weighted by molar-refractivity contribution is 6.18. The average Bonchev–Trinajstić information content (AvgIpc) is 2.36. The highest BCUT2D eigenvalue weighted by Gasteiger charge is 2.32. The number of methoxy groups -OCH3 is 2. The second kappa shape index (κ2) is 5.81. The van der Waals surface area contributed by atoms with Crippen molar-refractivity contribution in [2.45, 2.75) is 5.97 Å². The molecule has 1 rings (SSSR count). The van der Waals surface area contributed by atoms with Gasteiger partial charge in [0, 0.05) is 20.3 Å². The van der Waals surface area contributed by atoms with E-state index in [2.05, 4.69) is 0 Å². The van der Waals surface area contributed by atoms with Crippen LogP contribution in [0.3, 0.4) is 0 Å². The first-order valence-electron chi connectivity index (χ1n) is 4.66. The third kappa shape index (κ3) is 3.29. The Kier molecular flexibility index (Phi) is 4.68. The Bertz CT molecular complexity index is 386. The topological polar surface area (TPSA) is 70.8 Å². The number of alkyl halides is 1. The minimum Gasteiger partial charge on any atom is -0.438 e. The van der Waals surface area contributed by atoms with Crippen molar-refractivity contribution in [2.24, 2.45) is 0 Å². The quantitative estimate of drug-likeness (QED) is 0.340. The lowest BCUT2D eigenvalue weighted by atomic mass is 10.3. The van der Waals surface area contributed by atoms with Crippen molar-refractivity contribution >= 4 is 17.3 Å². The molecule has 0 saturated heterocycles. The third-order valence-electron chi connectivity index (χ3n) is 2.09. The van der Waals surface area contributed by atoms with Crippen LogP contribution in [0.5, 0.6) is 5.75 Å². The van der Waals surface area contributed by atoms with Crippen LogP contribution in [-0.4, -0.2) is 31.0 Å². The van der Waals surface area contributed by atoms with Crippen molar-refractivity contribution in [1.82, 2.24) is 0 Å². The number of nitro groups is 1. The fourth-order valence-corrected chi connectivity index (χ4v) is 1.42. The van der Waals surface area contributed by atoms with Gasteiger partial charge in [-0.1, -0.05) is 6.07 Å². The van der Waals surface area contributed by atoms with Crippen molar-refractivity contribution in [1.29, 1.82) is 0 Å². The fraction of sp³-hybridized carbons (Fsp3) is 0.400. The summed E-state index contributed by atoms with van der Waals surface area (Å²) in [6.45, 7) is 0. The maximum absolute atomic E-state index is 10.6. The molecule has 0 unspecified atom stereocenters. The molecule has 0 spiro atoms. The van der Waals surface area contributed by atoms with Gasteiger partial charge in [-0.05, 0) is 6.07 Å². The predicted molar refractivity (Wildman–Crippen MR) is 61.2 cm³/mol. The van der Waals surface area contributed by atoms with Gasteiger partial charge in [0.2, 0.25) is 0 Å². The summed E-state index contributed by atoms with van der Waals surface area (Å²) in [6.07, 6.45) is 0. The molecule has 0 radical (unpaired) electrons. The molecular weight excluding hydrogens is 250 g/mol. The molecule has 94 valence electrons. The van der Waals surface area contributed by atoms with E-state index in [-0.39, 0.29) is 17.3 Å². The number of halogens is 1. The lowest BCUT2D eigenvalue weighted by molar-refractivity contribution is -0.385. The molecule has 0 bridgehead atoms. The number of benzene rings is 1. The van der Waals surface area contributed by atoms with Crippen molar-refractivity contribution in [2.75, 3.05) is 20.1 Å². The Labute approximate surface area is 103 Å². The van der Waals surface area contributed by atoms with Crippen LogP contribution in [0.2, 0.25) is 0 Å². The third-order valence-corrected chi connectivity index (χ3v) is 2.41. The zero-order valence-corrected chi connectivity index (χ0v) is 10.1. The number of ether oxygens (including phenoxy) is 3. The molecule has 0 aromatic heterocycles. The van der Waals surface area contributed by atoms with Gasteiger partial charge in [0.15, 0.2) is 0 Å². The molecule has 7 heteroatoms. The monoisotopic (exact) mass is 261 g/mol. The van der Waals surface area contributed by atoms with Gasteiger partial charge in [0.1, 0.15) is 11.6 Å². The Morgan fingerprint density at radius 2 is 2.06 bits per heavy atom. The molecule has 0 heterocycles. The smallest absolute Gasteiger partial charge is 0.340 e. The molecule has 1 aromatic rings. The molecule has 0 fully saturated rings. The summed E-state index contributed by atoms with van der Waals surface area (Å²) in [5, 5.41) is 10.6. The molecule has 0 aliphatic carbocycles. The van der Waals surface area contributed by atoms with Crippen LogP contribution in [0.25, 0.3) is 0 Å². The van der Waals surface area contributed by atoms with E-state index in [1.807, 2.05) is 0 Å². The number of non-ortho nitro benzene ring substituents is 1. The summed E-state index contributed by atoms with van der Waals surface area (Å²) >= 11 is 5.67. The normalized spacial score (nSPS) is 11.2. The summed E-state index contributed by atoms with van der Waals surface area (Å²) in [7, 11) is 2.73. The van der Waals surface area contributed by atoms with E-state index in [9.17, 15) is 10.1 Å². The van der Waals surface area contributed by atoms with E-state index in [0.717, 1.165) is 0 Å². The lowest BCUT2D eigenvalue weighted by Gasteiger charge is -2.28. The van der Waals surface area contributed by atoms with Crippen LogP contribution in [0, 0.1) is 10.1 Å². The number of rotatable bonds is 6. The van der Waals surface area contributed by atoms with E-state index in [1.165, 1.54) is 32.4 Å². The highest BCUT2D eigenvalue weighted by Crippen LogP contribution is 2.25. The van der Waals surface area contributed by atoms with Gasteiger partial charge in [-0.3, -0.25) is 10.1 Å². The number of hydrogen-bond donors (Lipinski definition) is 0. The standard InChI is InChI=1S/C10H12ClNO5/c1-15-10(7-11,16-2)17-9-5-3-4-8(6-9)12(13)14/h3-6H,7H2,1-2H3. The Morgan fingerprint density at radius 1 is 1.41 bits per heavy atom. The van der Waals surface area contributed by atoms with Crippen LogP contribution in [0.1, 0.15) is 0 Å².